The first-order valence-corrected chi connectivity index (χ1v) is 8.78. The Bertz CT molecular complexity index is 621. The predicted octanol–water partition coefficient (Wildman–Crippen LogP) is 2.60. The summed E-state index contributed by atoms with van der Waals surface area (Å²) in [6.45, 7) is 6.33. The molecule has 24 heavy (non-hydrogen) atoms. The molecule has 0 atom stereocenters. The van der Waals surface area contributed by atoms with Gasteiger partial charge in [-0.15, -0.1) is 0 Å². The molecule has 0 aliphatic carbocycles. The van der Waals surface area contributed by atoms with Crippen LogP contribution < -0.4 is 0 Å². The average molecular weight is 327 g/mol. The van der Waals surface area contributed by atoms with Gasteiger partial charge in [0.2, 0.25) is 0 Å². The second kappa shape index (κ2) is 8.16. The van der Waals surface area contributed by atoms with E-state index in [1.54, 1.807) is 0 Å². The van der Waals surface area contributed by atoms with E-state index in [0.717, 1.165) is 50.2 Å². The molecule has 2 fully saturated rings. The zero-order chi connectivity index (χ0) is 16.8. The fourth-order valence-electron chi connectivity index (χ4n) is 3.10. The standard InChI is InChI=1S/C19H25N3O2/c1-16-4-2-6-18(20-16)7-3-5-17-8-10-21(11-9-17)19(23)22-12-14-24-15-13-22/h5-6H,2,4,8-15H2,1H3. The smallest absolute Gasteiger partial charge is 0.320 e. The van der Waals surface area contributed by atoms with Gasteiger partial charge in [0, 0.05) is 31.9 Å². The molecule has 3 rings (SSSR count). The van der Waals surface area contributed by atoms with E-state index >= 15 is 0 Å². The Morgan fingerprint density at radius 1 is 1.17 bits per heavy atom. The van der Waals surface area contributed by atoms with Crippen LogP contribution in [0.5, 0.6) is 0 Å². The minimum atomic E-state index is 0.153. The number of piperidine rings is 1. The molecule has 0 radical (unpaired) electrons. The average Bonchev–Trinajstić information content (AvgIpc) is 2.63. The Morgan fingerprint density at radius 2 is 1.88 bits per heavy atom. The van der Waals surface area contributed by atoms with Crippen LogP contribution in [0.4, 0.5) is 4.79 Å². The van der Waals surface area contributed by atoms with Crippen molar-refractivity contribution in [1.82, 2.24) is 9.80 Å². The highest BCUT2D eigenvalue weighted by atomic mass is 16.5. The van der Waals surface area contributed by atoms with Crippen molar-refractivity contribution in [2.75, 3.05) is 39.4 Å². The zero-order valence-electron chi connectivity index (χ0n) is 14.4. The van der Waals surface area contributed by atoms with Crippen LogP contribution in [-0.4, -0.2) is 60.9 Å². The van der Waals surface area contributed by atoms with Gasteiger partial charge in [0.15, 0.2) is 0 Å². The molecule has 2 amide bonds. The summed E-state index contributed by atoms with van der Waals surface area (Å²) in [7, 11) is 0. The van der Waals surface area contributed by atoms with Gasteiger partial charge < -0.3 is 14.5 Å². The maximum Gasteiger partial charge on any atom is 0.320 e. The lowest BCUT2D eigenvalue weighted by atomic mass is 10.0. The van der Waals surface area contributed by atoms with E-state index in [2.05, 4.69) is 22.9 Å². The van der Waals surface area contributed by atoms with Crippen molar-refractivity contribution in [1.29, 1.82) is 0 Å². The number of nitrogens with zero attached hydrogens (tertiary/aromatic N) is 3. The van der Waals surface area contributed by atoms with Gasteiger partial charge in [0.25, 0.3) is 0 Å². The van der Waals surface area contributed by atoms with Crippen LogP contribution in [0.25, 0.3) is 0 Å². The van der Waals surface area contributed by atoms with Crippen LogP contribution in [-0.2, 0) is 4.74 Å². The van der Waals surface area contributed by atoms with E-state index in [9.17, 15) is 4.79 Å². The highest BCUT2D eigenvalue weighted by molar-refractivity contribution is 5.84. The number of aliphatic imine (C=N–C) groups is 1. The van der Waals surface area contributed by atoms with Crippen molar-refractivity contribution < 1.29 is 9.53 Å². The number of amides is 2. The molecule has 0 bridgehead atoms. The number of ether oxygens (including phenoxy) is 1. The molecule has 3 aliphatic heterocycles. The van der Waals surface area contributed by atoms with Crippen molar-refractivity contribution in [3.05, 3.63) is 23.4 Å². The molecule has 128 valence electrons. The summed E-state index contributed by atoms with van der Waals surface area (Å²) >= 11 is 0. The Kier molecular flexibility index (Phi) is 5.71. The van der Waals surface area contributed by atoms with Crippen LogP contribution in [0.2, 0.25) is 0 Å². The van der Waals surface area contributed by atoms with E-state index < -0.39 is 0 Å². The summed E-state index contributed by atoms with van der Waals surface area (Å²) in [5, 5.41) is 0. The Balaban J connectivity index is 1.50. The third-order valence-electron chi connectivity index (χ3n) is 4.59. The van der Waals surface area contributed by atoms with Gasteiger partial charge in [0.05, 0.1) is 13.2 Å². The van der Waals surface area contributed by atoms with E-state index in [4.69, 9.17) is 4.74 Å². The summed E-state index contributed by atoms with van der Waals surface area (Å²) < 4.78 is 5.30. The molecule has 0 N–H and O–H groups in total. The second-order valence-electron chi connectivity index (χ2n) is 6.42. The molecular weight excluding hydrogens is 302 g/mol. The molecule has 0 aromatic heterocycles. The topological polar surface area (TPSA) is 45.1 Å². The Hall–Kier alpha value is -2.06. The fourth-order valence-corrected chi connectivity index (χ4v) is 3.10. The third kappa shape index (κ3) is 4.48. The lowest BCUT2D eigenvalue weighted by Crippen LogP contribution is -2.49. The molecule has 2 saturated heterocycles. The summed E-state index contributed by atoms with van der Waals surface area (Å²) in [5.41, 5.74) is 3.37. The van der Waals surface area contributed by atoms with Crippen molar-refractivity contribution in [3.8, 4) is 11.8 Å². The van der Waals surface area contributed by atoms with Crippen molar-refractivity contribution in [2.24, 2.45) is 4.99 Å². The first-order valence-electron chi connectivity index (χ1n) is 8.78. The molecule has 0 aromatic carbocycles. The first kappa shape index (κ1) is 16.8. The molecule has 5 heteroatoms. The minimum absolute atomic E-state index is 0.153. The van der Waals surface area contributed by atoms with Gasteiger partial charge in [-0.1, -0.05) is 11.5 Å². The number of carbonyl (C=O) groups excluding carboxylic acids is 1. The largest absolute Gasteiger partial charge is 0.378 e. The third-order valence-corrected chi connectivity index (χ3v) is 4.59. The van der Waals surface area contributed by atoms with Gasteiger partial charge in [-0.3, -0.25) is 0 Å². The molecule has 3 heterocycles. The highest BCUT2D eigenvalue weighted by Gasteiger charge is 2.24. The number of allylic oxidation sites excluding steroid dienone is 3. The van der Waals surface area contributed by atoms with Crippen molar-refractivity contribution >= 4 is 11.7 Å². The monoisotopic (exact) mass is 327 g/mol. The zero-order valence-corrected chi connectivity index (χ0v) is 14.4. The van der Waals surface area contributed by atoms with E-state index in [1.165, 1.54) is 5.57 Å². The number of hydrogen-bond donors (Lipinski definition) is 0. The van der Waals surface area contributed by atoms with E-state index in [1.807, 2.05) is 22.8 Å². The molecular formula is C19H25N3O2. The number of urea groups is 1. The van der Waals surface area contributed by atoms with Crippen LogP contribution in [0.15, 0.2) is 28.4 Å². The number of morpholine rings is 1. The molecule has 3 aliphatic rings. The number of carbonyl (C=O) groups is 1. The number of rotatable bonds is 0. The SMILES string of the molecule is CC1=NC(C#CC=C2CCN(C(=O)N3CCOCC3)CC2)=CCC1. The Morgan fingerprint density at radius 3 is 2.58 bits per heavy atom. The second-order valence-corrected chi connectivity index (χ2v) is 6.42. The van der Waals surface area contributed by atoms with Crippen LogP contribution in [0.3, 0.4) is 0 Å². The maximum atomic E-state index is 12.4. The quantitative estimate of drug-likeness (QED) is 0.642. The lowest BCUT2D eigenvalue weighted by molar-refractivity contribution is 0.0426. The van der Waals surface area contributed by atoms with Crippen LogP contribution in [0.1, 0.15) is 32.6 Å². The van der Waals surface area contributed by atoms with Crippen LogP contribution >= 0.6 is 0 Å². The maximum absolute atomic E-state index is 12.4. The van der Waals surface area contributed by atoms with Crippen molar-refractivity contribution in [2.45, 2.75) is 32.6 Å². The summed E-state index contributed by atoms with van der Waals surface area (Å²) in [6.07, 6.45) is 8.00. The predicted molar refractivity (Wildman–Crippen MR) is 94.9 cm³/mol. The number of hydrogen-bond acceptors (Lipinski definition) is 3. The molecule has 5 nitrogen and oxygen atoms in total. The van der Waals surface area contributed by atoms with Gasteiger partial charge in [-0.2, -0.15) is 0 Å². The first-order chi connectivity index (χ1) is 11.7. The minimum Gasteiger partial charge on any atom is -0.378 e. The molecule has 0 aromatic rings. The summed E-state index contributed by atoms with van der Waals surface area (Å²) in [5.74, 6) is 6.26. The molecule has 0 spiro atoms. The number of likely N-dealkylation sites (tertiary alicyclic amines) is 1. The van der Waals surface area contributed by atoms with Gasteiger partial charge >= 0.3 is 6.03 Å². The normalized spacial score (nSPS) is 21.5. The Labute approximate surface area is 144 Å². The lowest BCUT2D eigenvalue weighted by Gasteiger charge is -2.35. The van der Waals surface area contributed by atoms with Gasteiger partial charge in [-0.05, 0) is 50.7 Å². The van der Waals surface area contributed by atoms with E-state index in [-0.39, 0.29) is 6.03 Å². The van der Waals surface area contributed by atoms with Gasteiger partial charge in [-0.25, -0.2) is 9.79 Å². The summed E-state index contributed by atoms with van der Waals surface area (Å²) in [4.78, 5) is 20.7. The summed E-state index contributed by atoms with van der Waals surface area (Å²) in [6, 6.07) is 0.153. The molecule has 0 saturated carbocycles. The molecule has 0 unspecified atom stereocenters. The van der Waals surface area contributed by atoms with E-state index in [0.29, 0.717) is 26.3 Å². The van der Waals surface area contributed by atoms with Gasteiger partial charge in [0.1, 0.15) is 5.70 Å². The fraction of sp³-hybridized carbons (Fsp3) is 0.579. The highest BCUT2D eigenvalue weighted by Crippen LogP contribution is 2.18. The van der Waals surface area contributed by atoms with Crippen molar-refractivity contribution in [3.63, 3.8) is 0 Å². The van der Waals surface area contributed by atoms with Crippen LogP contribution in [0, 0.1) is 11.8 Å².